The summed E-state index contributed by atoms with van der Waals surface area (Å²) < 4.78 is 148. The van der Waals surface area contributed by atoms with E-state index in [-0.39, 0.29) is 82.8 Å². The average molecular weight is 1240 g/mol. The van der Waals surface area contributed by atoms with Crippen molar-refractivity contribution in [2.75, 3.05) is 0 Å². The van der Waals surface area contributed by atoms with Gasteiger partial charge in [-0.15, -0.1) is 29.7 Å². The third-order valence-corrected chi connectivity index (χ3v) is 14.2. The van der Waals surface area contributed by atoms with Crippen LogP contribution in [0, 0.1) is 23.9 Å². The molecule has 0 atom stereocenters. The number of fused-ring (bicyclic) bond motifs is 7. The van der Waals surface area contributed by atoms with Gasteiger partial charge in [-0.1, -0.05) is 195 Å². The van der Waals surface area contributed by atoms with Gasteiger partial charge in [0, 0.05) is 63.5 Å². The minimum atomic E-state index is -1.82. The molecule has 0 radical (unpaired) electrons. The molecule has 0 unspecified atom stereocenters. The van der Waals surface area contributed by atoms with Crippen LogP contribution < -0.4 is 9.30 Å². The Kier molecular flexibility index (Phi) is 9.43. The quantitative estimate of drug-likeness (QED) is 0.107. The summed E-state index contributed by atoms with van der Waals surface area (Å²) in [6.45, 7) is 18.4. The van der Waals surface area contributed by atoms with Gasteiger partial charge in [-0.05, 0) is 115 Å². The summed E-state index contributed by atoms with van der Waals surface area (Å²) >= 11 is 0. The molecular weight excluding hydrogens is 1160 g/mol. The third-order valence-electron chi connectivity index (χ3n) is 14.2. The minimum absolute atomic E-state index is 0. The summed E-state index contributed by atoms with van der Waals surface area (Å²) in [5, 5.41) is 1.09. The van der Waals surface area contributed by atoms with E-state index in [0.717, 1.165) is 22.3 Å². The van der Waals surface area contributed by atoms with E-state index in [4.69, 9.17) is 22.1 Å². The van der Waals surface area contributed by atoms with Crippen LogP contribution in [-0.2, 0) is 38.3 Å². The van der Waals surface area contributed by atoms with Gasteiger partial charge in [-0.25, -0.2) is 4.98 Å². The third kappa shape index (κ3) is 9.54. The van der Waals surface area contributed by atoms with Gasteiger partial charge >= 0.3 is 0 Å². The molecule has 0 N–H and O–H groups in total. The molecule has 7 heteroatoms. The summed E-state index contributed by atoms with van der Waals surface area (Å²) in [5.41, 5.74) is 6.96. The van der Waals surface area contributed by atoms with Crippen molar-refractivity contribution in [3.05, 3.63) is 241 Å². The molecule has 0 saturated heterocycles. The van der Waals surface area contributed by atoms with E-state index in [2.05, 4.69) is 78.2 Å². The fraction of sp³-hybridized carbons (Fsp3) is 0.178. The first-order valence-electron chi connectivity index (χ1n) is 33.7. The fourth-order valence-corrected chi connectivity index (χ4v) is 10.5. The molecule has 13 aromatic rings. The largest absolute Gasteiger partial charge is 0.510 e. The number of hydrogen-bond acceptors (Lipinski definition) is 2. The molecule has 0 bridgehead atoms. The Morgan fingerprint density at radius 2 is 1.20 bits per heavy atom. The number of rotatable bonds is 9. The minimum Gasteiger partial charge on any atom is -0.510 e. The van der Waals surface area contributed by atoms with E-state index in [1.54, 1.807) is 54.7 Å². The second kappa shape index (κ2) is 20.1. The van der Waals surface area contributed by atoms with Crippen LogP contribution in [0.15, 0.2) is 206 Å². The number of aromatic nitrogens is 5. The molecule has 0 fully saturated rings. The van der Waals surface area contributed by atoms with Crippen molar-refractivity contribution in [2.45, 2.75) is 79.5 Å². The van der Waals surface area contributed by atoms with Crippen molar-refractivity contribution in [1.82, 2.24) is 18.7 Å². The maximum absolute atomic E-state index is 9.29. The van der Waals surface area contributed by atoms with E-state index in [1.807, 2.05) is 89.1 Å². The fourth-order valence-electron chi connectivity index (χ4n) is 10.5. The Morgan fingerprint density at radius 1 is 0.550 bits per heavy atom. The van der Waals surface area contributed by atoms with Crippen LogP contribution in [0.3, 0.4) is 0 Å². The molecule has 0 aliphatic heterocycles. The van der Waals surface area contributed by atoms with Crippen LogP contribution in [0.4, 0.5) is 0 Å². The number of imidazole rings is 1. The van der Waals surface area contributed by atoms with Crippen LogP contribution >= 0.6 is 0 Å². The van der Waals surface area contributed by atoms with Crippen molar-refractivity contribution < 1.29 is 50.9 Å². The van der Waals surface area contributed by atoms with Gasteiger partial charge in [-0.2, -0.15) is 18.2 Å². The van der Waals surface area contributed by atoms with Crippen molar-refractivity contribution >= 4 is 54.6 Å². The van der Waals surface area contributed by atoms with Gasteiger partial charge in [0.05, 0.1) is 45.6 Å². The average Bonchev–Trinajstić information content (AvgIpc) is 1.55. The summed E-state index contributed by atoms with van der Waals surface area (Å²) in [7, 11) is 0. The zero-order chi connectivity index (χ0) is 67.5. The Hall–Kier alpha value is -8.31. The number of nitrogens with zero attached hydrogens (tertiary/aromatic N) is 5. The molecule has 9 aromatic carbocycles. The van der Waals surface area contributed by atoms with Crippen molar-refractivity contribution in [1.29, 1.82) is 0 Å². The number of ether oxygens (including phenoxy) is 1. The van der Waals surface area contributed by atoms with Crippen LogP contribution in [0.1, 0.15) is 99.6 Å². The smallest absolute Gasteiger partial charge is 0.268 e. The zero-order valence-electron chi connectivity index (χ0n) is 60.6. The van der Waals surface area contributed by atoms with Crippen LogP contribution in [0.25, 0.3) is 99.8 Å². The van der Waals surface area contributed by atoms with Crippen LogP contribution in [-0.4, -0.2) is 18.7 Å². The Bertz CT molecular complexity index is 5260. The molecule has 0 aliphatic rings. The first kappa shape index (κ1) is 37.5. The molecule has 0 aliphatic carbocycles. The molecule has 4 heterocycles. The first-order chi connectivity index (χ1) is 44.2. The van der Waals surface area contributed by atoms with Crippen molar-refractivity contribution in [3.8, 4) is 56.6 Å². The Labute approximate surface area is 504 Å². The van der Waals surface area contributed by atoms with Gasteiger partial charge in [-0.3, -0.25) is 4.57 Å². The van der Waals surface area contributed by atoms with Crippen molar-refractivity contribution in [3.63, 3.8) is 0 Å². The van der Waals surface area contributed by atoms with Gasteiger partial charge in [0.2, 0.25) is 0 Å². The Morgan fingerprint density at radius 3 is 1.90 bits per heavy atom. The van der Waals surface area contributed by atoms with Gasteiger partial charge < -0.3 is 18.4 Å². The maximum Gasteiger partial charge on any atom is 0.268 e. The molecule has 0 spiro atoms. The number of para-hydroxylation sites is 5. The molecule has 13 rings (SSSR count). The second-order valence-corrected chi connectivity index (χ2v) is 22.9. The van der Waals surface area contributed by atoms with E-state index in [1.165, 1.54) is 4.57 Å². The standard InChI is InChI=1S/C73H63N5O.Pt/c1-71(2,3)46-48-37-38-74-69(39-48)78-65-36-33-54(77-63-29-15-13-25-59(63)60-26-14-16-30-64(60)77)44-62(65)61-35-34-56(45-68(61)78)79-55-24-19-23-53(43-55)75-47-76(67-32-18-17-31-66(67)75)70-57(49-21-11-10-12-22-49)27-20-28-58(70)50-40-51(72(4,5)6)42-52(41-50)73(7,8)9;/h10-42,44H,46H2,1-9H3;/q-2;/i10D,11D,12D,13D,14D,15D,16D,21D,22D,25D,26D,29D,30D,46D2;. The number of hydrogen-bond donors (Lipinski definition) is 0. The summed E-state index contributed by atoms with van der Waals surface area (Å²) in [5.74, 6) is 0.877. The van der Waals surface area contributed by atoms with Gasteiger partial charge in [0.1, 0.15) is 5.82 Å². The molecule has 4 aromatic heterocycles. The van der Waals surface area contributed by atoms with E-state index < -0.39 is 78.3 Å². The van der Waals surface area contributed by atoms with E-state index in [0.29, 0.717) is 66.8 Å². The van der Waals surface area contributed by atoms with Crippen LogP contribution in [0.2, 0.25) is 0 Å². The topological polar surface area (TPSA) is 40.8 Å². The zero-order valence-corrected chi connectivity index (χ0v) is 47.9. The van der Waals surface area contributed by atoms with Crippen molar-refractivity contribution in [2.24, 2.45) is 5.41 Å². The molecule has 398 valence electrons. The van der Waals surface area contributed by atoms with Gasteiger partial charge in [0.15, 0.2) is 0 Å². The Balaban J connectivity index is 0.00000864. The molecule has 0 amide bonds. The predicted molar refractivity (Wildman–Crippen MR) is 326 cm³/mol. The summed E-state index contributed by atoms with van der Waals surface area (Å²) in [6.07, 6.45) is 3.35. The monoisotopic (exact) mass is 1240 g/mol. The number of pyridine rings is 1. The summed E-state index contributed by atoms with van der Waals surface area (Å²) in [6, 6.07) is 38.3. The van der Waals surface area contributed by atoms with E-state index >= 15 is 0 Å². The number of benzene rings is 9. The molecule has 6 nitrogen and oxygen atoms in total. The molecule has 80 heavy (non-hydrogen) atoms. The second-order valence-electron chi connectivity index (χ2n) is 22.9. The SMILES string of the molecule is [2H]c1c([2H])c([2H])c(-c2cccc(-c3cc(C(C)(C)C)cc(C(C)(C)C)c3)c2-[n+]2[c-]n(-c3[c-]c(Oc4[c-]c5c(cc4)c4cc(-n6c7c([2H])c([2H])c([2H])c([2H])c7c7c([2H])c([2H])c([2H])c([2H])c76)ccc4n5-c4cc(C([2H])([2H])C(C)(C)C)ccn4)ccc3)c3ccccc32)c([2H])c1[2H].[Pt]. The molecule has 0 saturated carbocycles. The summed E-state index contributed by atoms with van der Waals surface area (Å²) in [4.78, 5) is 4.81. The predicted octanol–water partition coefficient (Wildman–Crippen LogP) is 18.2. The van der Waals surface area contributed by atoms with E-state index in [9.17, 15) is 8.22 Å². The normalized spacial score (nSPS) is 15.1. The van der Waals surface area contributed by atoms with Crippen LogP contribution in [0.5, 0.6) is 11.5 Å². The molecular formula is C73H63N5OPt-2. The maximum atomic E-state index is 9.29. The van der Waals surface area contributed by atoms with Gasteiger partial charge in [0.25, 0.3) is 6.33 Å². The first-order valence-corrected chi connectivity index (χ1v) is 26.2.